The Labute approximate surface area is 144 Å². The van der Waals surface area contributed by atoms with Gasteiger partial charge >= 0.3 is 0 Å². The van der Waals surface area contributed by atoms with Crippen LogP contribution in [0.3, 0.4) is 0 Å². The summed E-state index contributed by atoms with van der Waals surface area (Å²) in [6.45, 7) is -0.163. The minimum Gasteiger partial charge on any atom is -0.484 e. The SMILES string of the molecule is Cn1cc(I)c(-c2nc(-c3ccc(OCC(N)=O)cc3)no2)n1. The summed E-state index contributed by atoms with van der Waals surface area (Å²) in [6.07, 6.45) is 1.87. The average Bonchev–Trinajstić information content (AvgIpc) is 3.12. The molecule has 1 aromatic carbocycles. The minimum absolute atomic E-state index is 0.163. The van der Waals surface area contributed by atoms with Crippen molar-refractivity contribution in [3.05, 3.63) is 34.0 Å². The third-order valence-electron chi connectivity index (χ3n) is 2.91. The van der Waals surface area contributed by atoms with Crippen molar-refractivity contribution >= 4 is 28.5 Å². The van der Waals surface area contributed by atoms with Gasteiger partial charge in [-0.25, -0.2) is 0 Å². The highest BCUT2D eigenvalue weighted by Gasteiger charge is 2.16. The number of aromatic nitrogens is 4. The van der Waals surface area contributed by atoms with Crippen molar-refractivity contribution in [3.8, 4) is 28.7 Å². The van der Waals surface area contributed by atoms with Crippen molar-refractivity contribution < 1.29 is 14.1 Å². The Morgan fingerprint density at radius 2 is 2.13 bits per heavy atom. The van der Waals surface area contributed by atoms with E-state index in [9.17, 15) is 4.79 Å². The summed E-state index contributed by atoms with van der Waals surface area (Å²) in [6, 6.07) is 6.96. The van der Waals surface area contributed by atoms with Crippen molar-refractivity contribution in [2.24, 2.45) is 12.8 Å². The Morgan fingerprint density at radius 3 is 2.74 bits per heavy atom. The largest absolute Gasteiger partial charge is 0.484 e. The third kappa shape index (κ3) is 3.50. The number of nitrogens with two attached hydrogens (primary N) is 1. The van der Waals surface area contributed by atoms with Crippen LogP contribution >= 0.6 is 22.6 Å². The van der Waals surface area contributed by atoms with Gasteiger partial charge in [-0.15, -0.1) is 0 Å². The number of rotatable bonds is 5. The zero-order valence-electron chi connectivity index (χ0n) is 12.1. The van der Waals surface area contributed by atoms with Crippen molar-refractivity contribution in [1.82, 2.24) is 19.9 Å². The Morgan fingerprint density at radius 1 is 1.39 bits per heavy atom. The normalized spacial score (nSPS) is 10.7. The first-order chi connectivity index (χ1) is 11.0. The Kier molecular flexibility index (Phi) is 4.28. The summed E-state index contributed by atoms with van der Waals surface area (Å²) in [4.78, 5) is 15.0. The fourth-order valence-corrected chi connectivity index (χ4v) is 2.64. The van der Waals surface area contributed by atoms with Crippen LogP contribution in [0, 0.1) is 3.57 Å². The van der Waals surface area contributed by atoms with Gasteiger partial charge in [0.1, 0.15) is 5.75 Å². The molecule has 0 aliphatic heterocycles. The van der Waals surface area contributed by atoms with Crippen molar-refractivity contribution in [3.63, 3.8) is 0 Å². The van der Waals surface area contributed by atoms with Crippen LogP contribution in [0.5, 0.6) is 5.75 Å². The van der Waals surface area contributed by atoms with Gasteiger partial charge in [0.2, 0.25) is 5.82 Å². The van der Waals surface area contributed by atoms with E-state index in [1.807, 2.05) is 13.2 Å². The van der Waals surface area contributed by atoms with E-state index in [4.69, 9.17) is 15.0 Å². The number of aryl methyl sites for hydroxylation is 1. The zero-order valence-corrected chi connectivity index (χ0v) is 14.2. The van der Waals surface area contributed by atoms with Gasteiger partial charge in [-0.2, -0.15) is 10.1 Å². The first-order valence-electron chi connectivity index (χ1n) is 6.57. The molecule has 0 aliphatic rings. The quantitative estimate of drug-likeness (QED) is 0.623. The van der Waals surface area contributed by atoms with Gasteiger partial charge in [-0.1, -0.05) is 5.16 Å². The Hall–Kier alpha value is -2.43. The molecule has 2 aromatic heterocycles. The Balaban J connectivity index is 1.80. The van der Waals surface area contributed by atoms with Crippen LogP contribution in [0.2, 0.25) is 0 Å². The van der Waals surface area contributed by atoms with E-state index in [2.05, 4.69) is 37.8 Å². The van der Waals surface area contributed by atoms with E-state index in [1.54, 1.807) is 28.9 Å². The van der Waals surface area contributed by atoms with Gasteiger partial charge in [0.05, 0.1) is 3.57 Å². The summed E-state index contributed by atoms with van der Waals surface area (Å²) in [7, 11) is 1.83. The second-order valence-electron chi connectivity index (χ2n) is 4.70. The number of benzene rings is 1. The molecule has 0 atom stereocenters. The maximum absolute atomic E-state index is 10.7. The van der Waals surface area contributed by atoms with Gasteiger partial charge in [0.15, 0.2) is 12.3 Å². The molecule has 0 unspecified atom stereocenters. The molecule has 0 spiro atoms. The molecule has 2 heterocycles. The van der Waals surface area contributed by atoms with Crippen LogP contribution in [0.4, 0.5) is 0 Å². The lowest BCUT2D eigenvalue weighted by molar-refractivity contribution is -0.119. The second-order valence-corrected chi connectivity index (χ2v) is 5.86. The van der Waals surface area contributed by atoms with Crippen molar-refractivity contribution in [2.45, 2.75) is 0 Å². The van der Waals surface area contributed by atoms with E-state index in [1.165, 1.54) is 0 Å². The zero-order chi connectivity index (χ0) is 16.4. The van der Waals surface area contributed by atoms with E-state index >= 15 is 0 Å². The smallest absolute Gasteiger partial charge is 0.279 e. The highest BCUT2D eigenvalue weighted by atomic mass is 127. The summed E-state index contributed by atoms with van der Waals surface area (Å²) < 4.78 is 13.1. The van der Waals surface area contributed by atoms with E-state index in [0.717, 1.165) is 9.13 Å². The van der Waals surface area contributed by atoms with Gasteiger partial charge in [-0.05, 0) is 46.9 Å². The molecule has 0 fully saturated rings. The predicted octanol–water partition coefficient (Wildman–Crippen LogP) is 1.61. The van der Waals surface area contributed by atoms with Crippen LogP contribution in [0.25, 0.3) is 23.0 Å². The van der Waals surface area contributed by atoms with E-state index in [-0.39, 0.29) is 6.61 Å². The molecule has 0 radical (unpaired) electrons. The number of nitrogens with zero attached hydrogens (tertiary/aromatic N) is 4. The lowest BCUT2D eigenvalue weighted by atomic mass is 10.2. The van der Waals surface area contributed by atoms with Gasteiger partial charge < -0.3 is 15.0 Å². The van der Waals surface area contributed by atoms with E-state index in [0.29, 0.717) is 23.2 Å². The predicted molar refractivity (Wildman–Crippen MR) is 89.3 cm³/mol. The summed E-state index contributed by atoms with van der Waals surface area (Å²) in [5.74, 6) is 0.819. The molecule has 23 heavy (non-hydrogen) atoms. The summed E-state index contributed by atoms with van der Waals surface area (Å²) in [5.41, 5.74) is 6.44. The molecule has 3 aromatic rings. The number of carbonyl (C=O) groups excluding carboxylic acids is 1. The molecule has 0 saturated heterocycles. The number of primary amides is 1. The number of carbonyl (C=O) groups is 1. The topological polar surface area (TPSA) is 109 Å². The van der Waals surface area contributed by atoms with Gasteiger partial charge in [0.25, 0.3) is 11.8 Å². The summed E-state index contributed by atoms with van der Waals surface area (Å²) >= 11 is 2.16. The summed E-state index contributed by atoms with van der Waals surface area (Å²) in [5, 5.41) is 8.26. The third-order valence-corrected chi connectivity index (χ3v) is 3.70. The molecule has 8 nitrogen and oxygen atoms in total. The minimum atomic E-state index is -0.526. The van der Waals surface area contributed by atoms with Gasteiger partial charge in [0, 0.05) is 18.8 Å². The number of hydrogen-bond acceptors (Lipinski definition) is 6. The Bertz CT molecular complexity index is 840. The molecular weight excluding hydrogens is 413 g/mol. The highest BCUT2D eigenvalue weighted by molar-refractivity contribution is 14.1. The lowest BCUT2D eigenvalue weighted by Gasteiger charge is -2.03. The van der Waals surface area contributed by atoms with Crippen molar-refractivity contribution in [2.75, 3.05) is 6.61 Å². The molecule has 0 bridgehead atoms. The first kappa shape index (κ1) is 15.5. The lowest BCUT2D eigenvalue weighted by Crippen LogP contribution is -2.19. The van der Waals surface area contributed by atoms with Crippen molar-refractivity contribution in [1.29, 1.82) is 0 Å². The van der Waals surface area contributed by atoms with Crippen LogP contribution in [0.1, 0.15) is 0 Å². The van der Waals surface area contributed by atoms with Crippen LogP contribution in [0.15, 0.2) is 35.0 Å². The molecule has 0 aliphatic carbocycles. The molecule has 3 rings (SSSR count). The number of ether oxygens (including phenoxy) is 1. The molecule has 118 valence electrons. The average molecular weight is 425 g/mol. The fraction of sp³-hybridized carbons (Fsp3) is 0.143. The standard InChI is InChI=1S/C14H12IN5O3/c1-20-6-10(15)12(18-20)14-17-13(19-23-14)8-2-4-9(5-3-8)22-7-11(16)21/h2-6H,7H2,1H3,(H2,16,21). The molecular formula is C14H12IN5O3. The fourth-order valence-electron chi connectivity index (χ4n) is 1.90. The maximum Gasteiger partial charge on any atom is 0.279 e. The van der Waals surface area contributed by atoms with Crippen LogP contribution < -0.4 is 10.5 Å². The number of hydrogen-bond donors (Lipinski definition) is 1. The molecule has 9 heteroatoms. The number of halogens is 1. The highest BCUT2D eigenvalue weighted by Crippen LogP contribution is 2.25. The molecule has 2 N–H and O–H groups in total. The molecule has 1 amide bonds. The van der Waals surface area contributed by atoms with Crippen LogP contribution in [-0.4, -0.2) is 32.4 Å². The van der Waals surface area contributed by atoms with Gasteiger partial charge in [-0.3, -0.25) is 9.48 Å². The molecule has 0 saturated carbocycles. The first-order valence-corrected chi connectivity index (χ1v) is 7.65. The number of amides is 1. The second kappa shape index (κ2) is 6.36. The maximum atomic E-state index is 10.7. The monoisotopic (exact) mass is 425 g/mol. The van der Waals surface area contributed by atoms with E-state index < -0.39 is 5.91 Å². The van der Waals surface area contributed by atoms with Crippen LogP contribution in [-0.2, 0) is 11.8 Å².